The molecule has 222 valence electrons. The minimum Gasteiger partial charge on any atom is -0.311 e. The summed E-state index contributed by atoms with van der Waals surface area (Å²) in [7, 11) is 0. The molecule has 0 heterocycles. The second-order valence-corrected chi connectivity index (χ2v) is 11.8. The van der Waals surface area contributed by atoms with Crippen LogP contribution >= 0.6 is 0 Å². The number of benzene rings is 8. The van der Waals surface area contributed by atoms with Gasteiger partial charge < -0.3 is 4.90 Å². The summed E-state index contributed by atoms with van der Waals surface area (Å²) in [5, 5.41) is 2.51. The standard InChI is InChI=1S/C46H33N/c1-4-11-34(12-5-1)35-19-21-36(22-20-35)37-23-28-43(29-24-37)47(42-16-8-3-9-17-42)44-30-25-38(26-31-44)40-27-32-46-41(33-40)15-10-18-45(46)39-13-6-2-7-14-39/h1-33H. The second-order valence-electron chi connectivity index (χ2n) is 11.8. The Hall–Kier alpha value is -6.18. The second kappa shape index (κ2) is 12.7. The van der Waals surface area contributed by atoms with Crippen molar-refractivity contribution in [3.63, 3.8) is 0 Å². The van der Waals surface area contributed by atoms with Crippen LogP contribution in [0.15, 0.2) is 200 Å². The fourth-order valence-electron chi connectivity index (χ4n) is 6.45. The highest BCUT2D eigenvalue weighted by atomic mass is 15.1. The van der Waals surface area contributed by atoms with E-state index in [0.717, 1.165) is 17.1 Å². The molecule has 0 fully saturated rings. The predicted octanol–water partition coefficient (Wildman–Crippen LogP) is 13.0. The van der Waals surface area contributed by atoms with E-state index in [1.54, 1.807) is 0 Å². The van der Waals surface area contributed by atoms with E-state index in [1.807, 2.05) is 0 Å². The molecule has 0 unspecified atom stereocenters. The lowest BCUT2D eigenvalue weighted by atomic mass is 9.95. The van der Waals surface area contributed by atoms with Gasteiger partial charge in [-0.3, -0.25) is 0 Å². The molecule has 0 aliphatic rings. The molecule has 47 heavy (non-hydrogen) atoms. The largest absolute Gasteiger partial charge is 0.311 e. The van der Waals surface area contributed by atoms with E-state index in [9.17, 15) is 0 Å². The Kier molecular flexibility index (Phi) is 7.63. The fraction of sp³-hybridized carbons (Fsp3) is 0. The smallest absolute Gasteiger partial charge is 0.0462 e. The van der Waals surface area contributed by atoms with Gasteiger partial charge in [0.1, 0.15) is 0 Å². The van der Waals surface area contributed by atoms with Gasteiger partial charge in [-0.1, -0.05) is 158 Å². The van der Waals surface area contributed by atoms with Crippen molar-refractivity contribution < 1.29 is 0 Å². The molecule has 0 spiro atoms. The molecule has 0 saturated carbocycles. The summed E-state index contributed by atoms with van der Waals surface area (Å²) in [4.78, 5) is 2.32. The molecule has 0 aliphatic carbocycles. The van der Waals surface area contributed by atoms with Gasteiger partial charge >= 0.3 is 0 Å². The van der Waals surface area contributed by atoms with Crippen LogP contribution in [0.4, 0.5) is 17.1 Å². The molecular weight excluding hydrogens is 567 g/mol. The fourth-order valence-corrected chi connectivity index (χ4v) is 6.45. The Labute approximate surface area is 276 Å². The van der Waals surface area contributed by atoms with Crippen molar-refractivity contribution in [2.24, 2.45) is 0 Å². The zero-order valence-corrected chi connectivity index (χ0v) is 26.0. The van der Waals surface area contributed by atoms with Gasteiger partial charge in [0.15, 0.2) is 0 Å². The Morgan fingerprint density at radius 3 is 1.21 bits per heavy atom. The van der Waals surface area contributed by atoms with Crippen molar-refractivity contribution in [3.8, 4) is 44.5 Å². The van der Waals surface area contributed by atoms with Crippen molar-refractivity contribution in [1.29, 1.82) is 0 Å². The first-order valence-electron chi connectivity index (χ1n) is 16.1. The van der Waals surface area contributed by atoms with Crippen molar-refractivity contribution in [2.75, 3.05) is 4.90 Å². The van der Waals surface area contributed by atoms with Crippen LogP contribution in [0.2, 0.25) is 0 Å². The first-order chi connectivity index (χ1) is 23.3. The van der Waals surface area contributed by atoms with E-state index >= 15 is 0 Å². The highest BCUT2D eigenvalue weighted by Gasteiger charge is 2.13. The van der Waals surface area contributed by atoms with Crippen molar-refractivity contribution >= 4 is 27.8 Å². The van der Waals surface area contributed by atoms with E-state index in [-0.39, 0.29) is 0 Å². The molecular formula is C46H33N. The molecule has 1 heteroatoms. The van der Waals surface area contributed by atoms with Gasteiger partial charge in [0.05, 0.1) is 0 Å². The lowest BCUT2D eigenvalue weighted by Gasteiger charge is -2.26. The Morgan fingerprint density at radius 1 is 0.255 bits per heavy atom. The van der Waals surface area contributed by atoms with Crippen LogP contribution in [0.1, 0.15) is 0 Å². The van der Waals surface area contributed by atoms with E-state index < -0.39 is 0 Å². The first-order valence-corrected chi connectivity index (χ1v) is 16.1. The molecule has 1 nitrogen and oxygen atoms in total. The summed E-state index contributed by atoms with van der Waals surface area (Å²) in [5.74, 6) is 0. The van der Waals surface area contributed by atoms with Gasteiger partial charge in [0.25, 0.3) is 0 Å². The number of para-hydroxylation sites is 1. The van der Waals surface area contributed by atoms with Crippen molar-refractivity contribution in [1.82, 2.24) is 0 Å². The molecule has 8 aromatic carbocycles. The van der Waals surface area contributed by atoms with Gasteiger partial charge in [-0.05, 0) is 97.7 Å². The monoisotopic (exact) mass is 599 g/mol. The average molecular weight is 600 g/mol. The van der Waals surface area contributed by atoms with Gasteiger partial charge in [-0.25, -0.2) is 0 Å². The predicted molar refractivity (Wildman–Crippen MR) is 200 cm³/mol. The van der Waals surface area contributed by atoms with Gasteiger partial charge in [0, 0.05) is 17.1 Å². The number of fused-ring (bicyclic) bond motifs is 1. The normalized spacial score (nSPS) is 11.0. The minimum absolute atomic E-state index is 1.12. The quantitative estimate of drug-likeness (QED) is 0.176. The van der Waals surface area contributed by atoms with Crippen LogP contribution < -0.4 is 4.90 Å². The molecule has 0 aromatic heterocycles. The Morgan fingerprint density at radius 2 is 0.660 bits per heavy atom. The third-order valence-electron chi connectivity index (χ3n) is 8.89. The Balaban J connectivity index is 1.09. The Bertz CT molecular complexity index is 2240. The minimum atomic E-state index is 1.12. The lowest BCUT2D eigenvalue weighted by molar-refractivity contribution is 1.28. The zero-order valence-electron chi connectivity index (χ0n) is 26.0. The third kappa shape index (κ3) is 5.83. The van der Waals surface area contributed by atoms with Crippen molar-refractivity contribution in [2.45, 2.75) is 0 Å². The molecule has 0 N–H and O–H groups in total. The topological polar surface area (TPSA) is 3.24 Å². The average Bonchev–Trinajstić information content (AvgIpc) is 3.16. The molecule has 0 aliphatic heterocycles. The SMILES string of the molecule is c1ccc(-c2ccc(-c3ccc(N(c4ccccc4)c4ccc(-c5ccc6c(-c7ccccc7)cccc6c5)cc4)cc3)cc2)cc1. The lowest BCUT2D eigenvalue weighted by Crippen LogP contribution is -2.09. The molecule has 0 saturated heterocycles. The van der Waals surface area contributed by atoms with E-state index in [1.165, 1.54) is 55.3 Å². The van der Waals surface area contributed by atoms with E-state index in [0.29, 0.717) is 0 Å². The highest BCUT2D eigenvalue weighted by molar-refractivity contribution is 5.98. The molecule has 8 rings (SSSR count). The van der Waals surface area contributed by atoms with Crippen LogP contribution in [-0.2, 0) is 0 Å². The maximum atomic E-state index is 2.32. The molecule has 0 atom stereocenters. The number of hydrogen-bond acceptors (Lipinski definition) is 1. The summed E-state index contributed by atoms with van der Waals surface area (Å²) in [6.45, 7) is 0. The van der Waals surface area contributed by atoms with Gasteiger partial charge in [-0.2, -0.15) is 0 Å². The number of anilines is 3. The van der Waals surface area contributed by atoms with Gasteiger partial charge in [0.2, 0.25) is 0 Å². The van der Waals surface area contributed by atoms with Gasteiger partial charge in [-0.15, -0.1) is 0 Å². The number of hydrogen-bond donors (Lipinski definition) is 0. The molecule has 0 amide bonds. The summed E-state index contributed by atoms with van der Waals surface area (Å²) in [5.41, 5.74) is 13.1. The number of rotatable bonds is 7. The molecule has 0 bridgehead atoms. The van der Waals surface area contributed by atoms with Crippen LogP contribution in [-0.4, -0.2) is 0 Å². The maximum Gasteiger partial charge on any atom is 0.0462 e. The zero-order chi connectivity index (χ0) is 31.4. The van der Waals surface area contributed by atoms with E-state index in [2.05, 4.69) is 205 Å². The van der Waals surface area contributed by atoms with Crippen LogP contribution in [0.25, 0.3) is 55.3 Å². The maximum absolute atomic E-state index is 2.32. The summed E-state index contributed by atoms with van der Waals surface area (Å²) < 4.78 is 0. The summed E-state index contributed by atoms with van der Waals surface area (Å²) >= 11 is 0. The third-order valence-corrected chi connectivity index (χ3v) is 8.89. The van der Waals surface area contributed by atoms with E-state index in [4.69, 9.17) is 0 Å². The molecule has 8 aromatic rings. The summed E-state index contributed by atoms with van der Waals surface area (Å²) in [6.07, 6.45) is 0. The molecule has 0 radical (unpaired) electrons. The van der Waals surface area contributed by atoms with Crippen LogP contribution in [0.5, 0.6) is 0 Å². The van der Waals surface area contributed by atoms with Crippen LogP contribution in [0, 0.1) is 0 Å². The van der Waals surface area contributed by atoms with Crippen LogP contribution in [0.3, 0.4) is 0 Å². The summed E-state index contributed by atoms with van der Waals surface area (Å²) in [6, 6.07) is 71.7. The highest BCUT2D eigenvalue weighted by Crippen LogP contribution is 2.38. The first kappa shape index (κ1) is 28.3. The van der Waals surface area contributed by atoms with Crippen molar-refractivity contribution in [3.05, 3.63) is 200 Å². The number of nitrogens with zero attached hydrogens (tertiary/aromatic N) is 1.